The molecule has 3 heterocycles. The number of esters is 1. The summed E-state index contributed by atoms with van der Waals surface area (Å²) >= 11 is 1.04. The molecule has 0 radical (unpaired) electrons. The van der Waals surface area contributed by atoms with E-state index in [0.29, 0.717) is 27.3 Å². The molecule has 2 aliphatic heterocycles. The number of nitrogens with zero attached hydrogens (tertiary/aromatic N) is 3. The summed E-state index contributed by atoms with van der Waals surface area (Å²) in [6.45, 7) is 2.87. The van der Waals surface area contributed by atoms with Crippen molar-refractivity contribution >= 4 is 40.4 Å². The maximum Gasteiger partial charge on any atom is 0.338 e. The molecule has 9 nitrogen and oxygen atoms in total. The van der Waals surface area contributed by atoms with Gasteiger partial charge in [-0.05, 0) is 18.6 Å². The second-order valence-corrected chi connectivity index (χ2v) is 8.86. The average Bonchev–Trinajstić information content (AvgIpc) is 3.31. The number of hydroxylamine groups is 1. The van der Waals surface area contributed by atoms with Gasteiger partial charge < -0.3 is 9.57 Å². The number of ether oxygens (including phenoxy) is 1. The normalized spacial score (nSPS) is 18.1. The summed E-state index contributed by atoms with van der Waals surface area (Å²) in [5.74, 6) is -1.90. The predicted molar refractivity (Wildman–Crippen MR) is 127 cm³/mol. The van der Waals surface area contributed by atoms with Crippen LogP contribution in [0.4, 0.5) is 5.69 Å². The van der Waals surface area contributed by atoms with Crippen molar-refractivity contribution in [2.24, 2.45) is 4.99 Å². The zero-order chi connectivity index (χ0) is 24.9. The van der Waals surface area contributed by atoms with E-state index in [-0.39, 0.29) is 15.7 Å². The summed E-state index contributed by atoms with van der Waals surface area (Å²) < 4.78 is 6.55. The molecule has 35 heavy (non-hydrogen) atoms. The van der Waals surface area contributed by atoms with Gasteiger partial charge in [0.1, 0.15) is 4.53 Å². The number of hydrogen-bond acceptors (Lipinski definition) is 8. The molecule has 0 saturated carbocycles. The van der Waals surface area contributed by atoms with E-state index in [1.807, 2.05) is 30.3 Å². The molecule has 0 saturated heterocycles. The highest BCUT2D eigenvalue weighted by molar-refractivity contribution is 7.07. The number of hydrogen-bond donors (Lipinski definition) is 0. The second kappa shape index (κ2) is 8.48. The highest BCUT2D eigenvalue weighted by atomic mass is 32.1. The van der Waals surface area contributed by atoms with Crippen LogP contribution in [0.2, 0.25) is 0 Å². The fourth-order valence-corrected chi connectivity index (χ4v) is 5.46. The van der Waals surface area contributed by atoms with E-state index in [0.717, 1.165) is 16.4 Å². The molecule has 1 unspecified atom stereocenters. The maximum absolute atomic E-state index is 13.9. The summed E-state index contributed by atoms with van der Waals surface area (Å²) in [6, 6.07) is 15.0. The Hall–Kier alpha value is -4.31. The number of para-hydroxylation sites is 1. The number of benzene rings is 2. The number of rotatable bonds is 3. The quantitative estimate of drug-likeness (QED) is 0.518. The molecule has 0 bridgehead atoms. The van der Waals surface area contributed by atoms with Crippen molar-refractivity contribution in [1.82, 2.24) is 4.57 Å². The minimum absolute atomic E-state index is 0.109. The predicted octanol–water partition coefficient (Wildman–Crippen LogP) is 1.60. The van der Waals surface area contributed by atoms with Crippen LogP contribution in [0.1, 0.15) is 31.0 Å². The fourth-order valence-electron chi connectivity index (χ4n) is 4.32. The highest BCUT2D eigenvalue weighted by Gasteiger charge is 2.38. The van der Waals surface area contributed by atoms with Crippen LogP contribution < -0.4 is 20.0 Å². The topological polar surface area (TPSA) is 107 Å². The molecule has 5 rings (SSSR count). The third-order valence-corrected chi connectivity index (χ3v) is 6.81. The van der Waals surface area contributed by atoms with Gasteiger partial charge in [-0.2, -0.15) is 0 Å². The van der Waals surface area contributed by atoms with Gasteiger partial charge in [0.05, 0.1) is 35.7 Å². The number of carbonyl (C=O) groups is 3. The molecule has 3 aromatic rings. The van der Waals surface area contributed by atoms with Crippen LogP contribution in [0.3, 0.4) is 0 Å². The van der Waals surface area contributed by atoms with Crippen molar-refractivity contribution in [3.8, 4) is 0 Å². The van der Waals surface area contributed by atoms with Gasteiger partial charge in [0.15, 0.2) is 4.80 Å². The molecular weight excluding hydrogens is 470 g/mol. The first-order valence-electron chi connectivity index (χ1n) is 10.6. The number of aromatic nitrogens is 1. The lowest BCUT2D eigenvalue weighted by molar-refractivity contribution is -0.146. The SMILES string of the molecule is COC(=O)C1=C(C)N=c2s/c(=C3\C(=O)N(OC(C)=O)c4ccccc43)c(=O)n2C1c1ccccc1. The number of thiazole rings is 1. The number of fused-ring (bicyclic) bond motifs is 2. The molecule has 1 aromatic heterocycles. The Bertz CT molecular complexity index is 1620. The lowest BCUT2D eigenvalue weighted by atomic mass is 9.96. The Morgan fingerprint density at radius 1 is 1.03 bits per heavy atom. The van der Waals surface area contributed by atoms with Crippen LogP contribution in [0.5, 0.6) is 0 Å². The molecular formula is C25H19N3O6S. The van der Waals surface area contributed by atoms with Crippen LogP contribution in [-0.2, 0) is 24.0 Å². The molecule has 10 heteroatoms. The standard InChI is InChI=1S/C25H19N3O6S/c1-13-18(24(32)33-3)20(15-9-5-4-6-10-15)27-23(31)21(35-25(27)26-13)19-16-11-7-8-12-17(16)28(22(19)30)34-14(2)29/h4-12,20H,1-3H3/b21-19-. The number of allylic oxidation sites excluding steroid dienone is 1. The fraction of sp³-hybridized carbons (Fsp3) is 0.160. The number of amides is 1. The number of methoxy groups -OCH3 is 1. The van der Waals surface area contributed by atoms with Crippen LogP contribution in [0.15, 0.2) is 75.7 Å². The summed E-state index contributed by atoms with van der Waals surface area (Å²) in [5, 5.41) is 0.894. The van der Waals surface area contributed by atoms with Crippen LogP contribution in [-0.4, -0.2) is 29.5 Å². The Morgan fingerprint density at radius 3 is 2.40 bits per heavy atom. The van der Waals surface area contributed by atoms with Crippen LogP contribution >= 0.6 is 11.3 Å². The van der Waals surface area contributed by atoms with Gasteiger partial charge in [-0.1, -0.05) is 59.9 Å². The second-order valence-electron chi connectivity index (χ2n) is 7.88. The lowest BCUT2D eigenvalue weighted by Crippen LogP contribution is -2.41. The minimum atomic E-state index is -0.787. The van der Waals surface area contributed by atoms with Crippen molar-refractivity contribution in [3.63, 3.8) is 0 Å². The first-order valence-corrected chi connectivity index (χ1v) is 11.5. The van der Waals surface area contributed by atoms with Gasteiger partial charge in [-0.3, -0.25) is 14.2 Å². The van der Waals surface area contributed by atoms with Crippen molar-refractivity contribution in [1.29, 1.82) is 0 Å². The van der Waals surface area contributed by atoms with Crippen LogP contribution in [0, 0.1) is 0 Å². The van der Waals surface area contributed by atoms with Crippen molar-refractivity contribution in [2.75, 3.05) is 12.2 Å². The zero-order valence-electron chi connectivity index (χ0n) is 19.0. The smallest absolute Gasteiger partial charge is 0.338 e. The molecule has 1 atom stereocenters. The monoisotopic (exact) mass is 489 g/mol. The van der Waals surface area contributed by atoms with E-state index in [4.69, 9.17) is 9.57 Å². The third kappa shape index (κ3) is 3.50. The molecule has 0 fully saturated rings. The Balaban J connectivity index is 1.82. The molecule has 0 spiro atoms. The van der Waals surface area contributed by atoms with Gasteiger partial charge >= 0.3 is 11.9 Å². The van der Waals surface area contributed by atoms with Crippen molar-refractivity contribution in [3.05, 3.63) is 96.7 Å². The van der Waals surface area contributed by atoms with E-state index < -0.39 is 29.4 Å². The van der Waals surface area contributed by atoms with Crippen LogP contribution in [0.25, 0.3) is 5.57 Å². The van der Waals surface area contributed by atoms with Gasteiger partial charge in [0.25, 0.3) is 11.5 Å². The molecule has 0 N–H and O–H groups in total. The van der Waals surface area contributed by atoms with Gasteiger partial charge in [-0.25, -0.2) is 14.6 Å². The maximum atomic E-state index is 13.9. The van der Waals surface area contributed by atoms with Crippen molar-refractivity contribution < 1.29 is 24.0 Å². The van der Waals surface area contributed by atoms with E-state index in [1.165, 1.54) is 18.6 Å². The number of carbonyl (C=O) groups excluding carboxylic acids is 3. The lowest BCUT2D eigenvalue weighted by Gasteiger charge is -2.24. The summed E-state index contributed by atoms with van der Waals surface area (Å²) in [4.78, 5) is 61.6. The molecule has 2 aliphatic rings. The molecule has 2 aromatic carbocycles. The average molecular weight is 490 g/mol. The van der Waals surface area contributed by atoms with E-state index >= 15 is 0 Å². The highest BCUT2D eigenvalue weighted by Crippen LogP contribution is 2.35. The van der Waals surface area contributed by atoms with E-state index in [2.05, 4.69) is 4.99 Å². The van der Waals surface area contributed by atoms with Gasteiger partial charge in [0.2, 0.25) is 0 Å². The Labute approximate surface area is 202 Å². The van der Waals surface area contributed by atoms with Gasteiger partial charge in [-0.15, -0.1) is 5.06 Å². The summed E-state index contributed by atoms with van der Waals surface area (Å²) in [6.07, 6.45) is 0. The largest absolute Gasteiger partial charge is 0.466 e. The van der Waals surface area contributed by atoms with Crippen molar-refractivity contribution in [2.45, 2.75) is 19.9 Å². The first kappa shape index (κ1) is 22.5. The molecule has 176 valence electrons. The summed E-state index contributed by atoms with van der Waals surface area (Å²) in [5.41, 5.74) is 1.80. The summed E-state index contributed by atoms with van der Waals surface area (Å²) in [7, 11) is 1.27. The molecule has 1 amide bonds. The van der Waals surface area contributed by atoms with E-state index in [9.17, 15) is 19.2 Å². The van der Waals surface area contributed by atoms with E-state index in [1.54, 1.807) is 31.2 Å². The number of anilines is 1. The Morgan fingerprint density at radius 2 is 1.71 bits per heavy atom. The zero-order valence-corrected chi connectivity index (χ0v) is 19.8. The Kier molecular flexibility index (Phi) is 5.45. The first-order chi connectivity index (χ1) is 16.8. The molecule has 0 aliphatic carbocycles. The third-order valence-electron chi connectivity index (χ3n) is 5.76. The van der Waals surface area contributed by atoms with Gasteiger partial charge in [0, 0.05) is 12.5 Å². The minimum Gasteiger partial charge on any atom is -0.466 e.